The van der Waals surface area contributed by atoms with Gasteiger partial charge in [-0.25, -0.2) is 0 Å². The van der Waals surface area contributed by atoms with Gasteiger partial charge in [0, 0.05) is 25.5 Å². The van der Waals surface area contributed by atoms with Crippen LogP contribution >= 0.6 is 11.3 Å². The van der Waals surface area contributed by atoms with Gasteiger partial charge in [-0.05, 0) is 45.8 Å². The number of hydrogen-bond donors (Lipinski definition) is 2. The first-order valence-electron chi connectivity index (χ1n) is 8.60. The zero-order valence-corrected chi connectivity index (χ0v) is 15.9. The van der Waals surface area contributed by atoms with Crippen molar-refractivity contribution in [1.29, 1.82) is 0 Å². The van der Waals surface area contributed by atoms with E-state index in [1.165, 1.54) is 11.3 Å². The highest BCUT2D eigenvalue weighted by Crippen LogP contribution is 2.27. The van der Waals surface area contributed by atoms with E-state index < -0.39 is 6.04 Å². The van der Waals surface area contributed by atoms with E-state index in [1.54, 1.807) is 16.5 Å². The first kappa shape index (κ1) is 17.9. The number of rotatable bonds is 4. The summed E-state index contributed by atoms with van der Waals surface area (Å²) >= 11 is 1.40. The van der Waals surface area contributed by atoms with E-state index in [-0.39, 0.29) is 17.9 Å². The number of amides is 2. The molecule has 1 aliphatic rings. The molecular formula is C17H25N5O2S. The van der Waals surface area contributed by atoms with Crippen molar-refractivity contribution >= 4 is 33.4 Å². The molecule has 136 valence electrons. The van der Waals surface area contributed by atoms with Crippen LogP contribution in [-0.2, 0) is 11.8 Å². The number of nitrogens with one attached hydrogen (secondary N) is 2. The number of carbonyl (C=O) groups is 2. The predicted octanol–water partition coefficient (Wildman–Crippen LogP) is 1.27. The molecule has 1 unspecified atom stereocenters. The molecule has 2 aromatic heterocycles. The fourth-order valence-corrected chi connectivity index (χ4v) is 4.35. The molecule has 1 saturated heterocycles. The highest BCUT2D eigenvalue weighted by atomic mass is 32.1. The molecule has 2 amide bonds. The number of nitrogens with zero attached hydrogens (tertiary/aromatic N) is 3. The molecule has 0 radical (unpaired) electrons. The van der Waals surface area contributed by atoms with E-state index in [0.717, 1.165) is 41.8 Å². The van der Waals surface area contributed by atoms with Crippen LogP contribution in [0.4, 0.5) is 0 Å². The lowest BCUT2D eigenvalue weighted by Gasteiger charge is -2.33. The van der Waals surface area contributed by atoms with E-state index in [9.17, 15) is 9.59 Å². The van der Waals surface area contributed by atoms with Crippen molar-refractivity contribution < 1.29 is 9.59 Å². The first-order chi connectivity index (χ1) is 11.9. The number of piperidine rings is 1. The topological polar surface area (TPSA) is 79.3 Å². The van der Waals surface area contributed by atoms with Gasteiger partial charge in [-0.3, -0.25) is 14.3 Å². The van der Waals surface area contributed by atoms with Crippen LogP contribution in [0.5, 0.6) is 0 Å². The molecule has 0 spiro atoms. The summed E-state index contributed by atoms with van der Waals surface area (Å²) < 4.78 is 1.78. The fourth-order valence-electron chi connectivity index (χ4n) is 3.33. The Kier molecular flexibility index (Phi) is 5.10. The van der Waals surface area contributed by atoms with Gasteiger partial charge in [-0.2, -0.15) is 5.10 Å². The highest BCUT2D eigenvalue weighted by Gasteiger charge is 2.27. The molecule has 7 nitrogen and oxygen atoms in total. The van der Waals surface area contributed by atoms with Crippen molar-refractivity contribution in [3.63, 3.8) is 0 Å². The van der Waals surface area contributed by atoms with Crippen molar-refractivity contribution in [2.75, 3.05) is 20.1 Å². The molecule has 25 heavy (non-hydrogen) atoms. The van der Waals surface area contributed by atoms with E-state index in [1.807, 2.05) is 27.1 Å². The van der Waals surface area contributed by atoms with Crippen LogP contribution in [0.15, 0.2) is 6.07 Å². The number of fused-ring (bicyclic) bond motifs is 1. The molecule has 3 rings (SSSR count). The number of carbonyl (C=O) groups excluding carboxylic acids is 2. The molecule has 0 aliphatic carbocycles. The standard InChI is InChI=1S/C17H25N5O2S/c1-10-13-9-14(25-17(13)22(4)20-10)15(23)19-11(2)16(24)21(3)12-5-7-18-8-6-12/h9,11-12,18H,5-8H2,1-4H3,(H,19,23). The van der Waals surface area contributed by atoms with Crippen LogP contribution in [0.2, 0.25) is 0 Å². The van der Waals surface area contributed by atoms with Crippen LogP contribution in [0.25, 0.3) is 10.2 Å². The van der Waals surface area contributed by atoms with Gasteiger partial charge in [0.05, 0.1) is 10.6 Å². The lowest BCUT2D eigenvalue weighted by Crippen LogP contribution is -2.51. The Morgan fingerprint density at radius 3 is 2.76 bits per heavy atom. The van der Waals surface area contributed by atoms with Crippen molar-refractivity contribution in [2.24, 2.45) is 7.05 Å². The monoisotopic (exact) mass is 363 g/mol. The van der Waals surface area contributed by atoms with E-state index in [2.05, 4.69) is 15.7 Å². The van der Waals surface area contributed by atoms with Crippen molar-refractivity contribution in [3.8, 4) is 0 Å². The van der Waals surface area contributed by atoms with Gasteiger partial charge in [0.1, 0.15) is 10.9 Å². The summed E-state index contributed by atoms with van der Waals surface area (Å²) in [6, 6.07) is 1.55. The van der Waals surface area contributed by atoms with Gasteiger partial charge in [-0.15, -0.1) is 11.3 Å². The summed E-state index contributed by atoms with van der Waals surface area (Å²) in [4.78, 5) is 28.5. The van der Waals surface area contributed by atoms with Crippen molar-refractivity contribution in [3.05, 3.63) is 16.6 Å². The van der Waals surface area contributed by atoms with Gasteiger partial charge in [0.2, 0.25) is 5.91 Å². The van der Waals surface area contributed by atoms with Crippen LogP contribution < -0.4 is 10.6 Å². The van der Waals surface area contributed by atoms with Gasteiger partial charge in [-0.1, -0.05) is 0 Å². The Balaban J connectivity index is 1.66. The van der Waals surface area contributed by atoms with E-state index in [0.29, 0.717) is 4.88 Å². The summed E-state index contributed by atoms with van der Waals surface area (Å²) in [5.74, 6) is -0.251. The summed E-state index contributed by atoms with van der Waals surface area (Å²) in [7, 11) is 3.70. The molecule has 2 N–H and O–H groups in total. The number of hydrogen-bond acceptors (Lipinski definition) is 5. The molecule has 1 aliphatic heterocycles. The smallest absolute Gasteiger partial charge is 0.262 e. The maximum Gasteiger partial charge on any atom is 0.262 e. The molecule has 1 atom stereocenters. The number of thiophene rings is 1. The maximum atomic E-state index is 12.6. The second-order valence-electron chi connectivity index (χ2n) is 6.66. The lowest BCUT2D eigenvalue weighted by atomic mass is 10.0. The van der Waals surface area contributed by atoms with Gasteiger partial charge in [0.15, 0.2) is 0 Å². The van der Waals surface area contributed by atoms with Gasteiger partial charge >= 0.3 is 0 Å². The average molecular weight is 363 g/mol. The minimum absolute atomic E-state index is 0.0424. The maximum absolute atomic E-state index is 12.6. The van der Waals surface area contributed by atoms with Crippen molar-refractivity contribution in [2.45, 2.75) is 38.8 Å². The summed E-state index contributed by atoms with van der Waals surface area (Å²) in [6.45, 7) is 5.53. The number of aromatic nitrogens is 2. The largest absolute Gasteiger partial charge is 0.341 e. The summed E-state index contributed by atoms with van der Waals surface area (Å²) in [6.07, 6.45) is 1.90. The van der Waals surface area contributed by atoms with E-state index >= 15 is 0 Å². The molecular weight excluding hydrogens is 338 g/mol. The van der Waals surface area contributed by atoms with Crippen LogP contribution in [-0.4, -0.2) is 58.7 Å². The van der Waals surface area contributed by atoms with E-state index in [4.69, 9.17) is 0 Å². The lowest BCUT2D eigenvalue weighted by molar-refractivity contribution is -0.134. The molecule has 8 heteroatoms. The highest BCUT2D eigenvalue weighted by molar-refractivity contribution is 7.20. The van der Waals surface area contributed by atoms with Crippen LogP contribution in [0.1, 0.15) is 35.1 Å². The van der Waals surface area contributed by atoms with Crippen LogP contribution in [0.3, 0.4) is 0 Å². The predicted molar refractivity (Wildman–Crippen MR) is 98.9 cm³/mol. The number of aryl methyl sites for hydroxylation is 2. The minimum atomic E-state index is -0.545. The average Bonchev–Trinajstić information content (AvgIpc) is 3.16. The number of likely N-dealkylation sites (N-methyl/N-ethyl adjacent to an activating group) is 1. The third kappa shape index (κ3) is 3.55. The Morgan fingerprint density at radius 2 is 2.12 bits per heavy atom. The summed E-state index contributed by atoms with van der Waals surface area (Å²) in [5, 5.41) is 11.5. The Bertz CT molecular complexity index is 756. The third-order valence-corrected chi connectivity index (χ3v) is 6.04. The Morgan fingerprint density at radius 1 is 1.44 bits per heavy atom. The molecule has 1 fully saturated rings. The molecule has 2 aromatic rings. The second kappa shape index (κ2) is 7.13. The molecule has 3 heterocycles. The van der Waals surface area contributed by atoms with Crippen LogP contribution in [0, 0.1) is 6.92 Å². The first-order valence-corrected chi connectivity index (χ1v) is 9.41. The quantitative estimate of drug-likeness (QED) is 0.857. The summed E-state index contributed by atoms with van der Waals surface area (Å²) in [5.41, 5.74) is 0.905. The Hall–Kier alpha value is -1.93. The molecule has 0 saturated carbocycles. The third-order valence-electron chi connectivity index (χ3n) is 4.84. The van der Waals surface area contributed by atoms with Gasteiger partial charge in [0.25, 0.3) is 5.91 Å². The minimum Gasteiger partial charge on any atom is -0.341 e. The zero-order chi connectivity index (χ0) is 18.1. The van der Waals surface area contributed by atoms with Crippen molar-refractivity contribution in [1.82, 2.24) is 25.3 Å². The Labute approximate surface area is 151 Å². The van der Waals surface area contributed by atoms with Gasteiger partial charge < -0.3 is 15.5 Å². The fraction of sp³-hybridized carbons (Fsp3) is 0.588. The molecule has 0 bridgehead atoms. The SMILES string of the molecule is Cc1nn(C)c2sc(C(=O)NC(C)C(=O)N(C)C3CCNCC3)cc12. The zero-order valence-electron chi connectivity index (χ0n) is 15.1. The second-order valence-corrected chi connectivity index (χ2v) is 7.69. The molecule has 0 aromatic carbocycles. The normalized spacial score (nSPS) is 16.8.